The summed E-state index contributed by atoms with van der Waals surface area (Å²) in [7, 11) is 0. The van der Waals surface area contributed by atoms with E-state index in [0.29, 0.717) is 12.0 Å². The highest BCUT2D eigenvalue weighted by atomic mass is 19.4. The number of benzene rings is 1. The highest BCUT2D eigenvalue weighted by Crippen LogP contribution is 2.22. The normalized spacial score (nSPS) is 13.4. The molecule has 19 heavy (non-hydrogen) atoms. The molecule has 2 nitrogen and oxygen atoms in total. The topological polar surface area (TPSA) is 35.2 Å². The van der Waals surface area contributed by atoms with E-state index < -0.39 is 25.0 Å². The van der Waals surface area contributed by atoms with Crippen LogP contribution in [0.4, 0.5) is 17.6 Å². The Hall–Kier alpha value is -1.30. The van der Waals surface area contributed by atoms with Gasteiger partial charge in [-0.15, -0.1) is 0 Å². The summed E-state index contributed by atoms with van der Waals surface area (Å²) in [5, 5.41) is 0. The van der Waals surface area contributed by atoms with Crippen molar-refractivity contribution in [2.45, 2.75) is 38.4 Å². The van der Waals surface area contributed by atoms with Crippen LogP contribution in [0.3, 0.4) is 0 Å². The lowest BCUT2D eigenvalue weighted by atomic mass is 10.0. The highest BCUT2D eigenvalue weighted by molar-refractivity contribution is 5.30. The monoisotopic (exact) mass is 279 g/mol. The van der Waals surface area contributed by atoms with Crippen LogP contribution in [-0.4, -0.2) is 18.8 Å². The predicted molar refractivity (Wildman–Crippen MR) is 64.5 cm³/mol. The van der Waals surface area contributed by atoms with Crippen LogP contribution in [0.5, 0.6) is 5.75 Å². The third-order valence-corrected chi connectivity index (χ3v) is 2.61. The lowest BCUT2D eigenvalue weighted by molar-refractivity contribution is -0.139. The van der Waals surface area contributed by atoms with Gasteiger partial charge in [0.25, 0.3) is 0 Å². The van der Waals surface area contributed by atoms with E-state index >= 15 is 0 Å². The van der Waals surface area contributed by atoms with E-state index in [1.165, 1.54) is 12.1 Å². The molecular weight excluding hydrogens is 262 g/mol. The Kier molecular flexibility index (Phi) is 5.60. The summed E-state index contributed by atoms with van der Waals surface area (Å²) >= 11 is 0. The number of rotatable bonds is 6. The molecule has 0 saturated heterocycles. The molecule has 108 valence electrons. The van der Waals surface area contributed by atoms with Crippen LogP contribution >= 0.6 is 0 Å². The van der Waals surface area contributed by atoms with Crippen molar-refractivity contribution < 1.29 is 22.3 Å². The molecule has 1 unspecified atom stereocenters. The molecule has 0 aliphatic heterocycles. The zero-order chi connectivity index (χ0) is 14.5. The van der Waals surface area contributed by atoms with Gasteiger partial charge >= 0.3 is 6.18 Å². The maximum atomic E-state index is 13.3. The summed E-state index contributed by atoms with van der Waals surface area (Å²) in [5.41, 5.74) is 6.37. The van der Waals surface area contributed by atoms with Crippen molar-refractivity contribution in [2.24, 2.45) is 5.73 Å². The van der Waals surface area contributed by atoms with E-state index in [1.807, 2.05) is 6.92 Å². The Labute approximate surface area is 109 Å². The number of alkyl halides is 3. The van der Waals surface area contributed by atoms with Crippen LogP contribution in [-0.2, 0) is 6.42 Å². The molecule has 0 fully saturated rings. The third kappa shape index (κ3) is 6.42. The fourth-order valence-corrected chi connectivity index (χ4v) is 1.55. The molecule has 0 heterocycles. The summed E-state index contributed by atoms with van der Waals surface area (Å²) in [4.78, 5) is 0. The summed E-state index contributed by atoms with van der Waals surface area (Å²) in [5.74, 6) is -0.439. The molecule has 1 aromatic carbocycles. The average Bonchev–Trinajstić information content (AvgIpc) is 2.26. The van der Waals surface area contributed by atoms with Crippen molar-refractivity contribution in [2.75, 3.05) is 6.61 Å². The van der Waals surface area contributed by atoms with E-state index in [4.69, 9.17) is 10.5 Å². The Bertz CT molecular complexity index is 406. The molecule has 0 bridgehead atoms. The predicted octanol–water partition coefficient (Wildman–Crippen LogP) is 3.44. The van der Waals surface area contributed by atoms with Gasteiger partial charge in [0.15, 0.2) is 0 Å². The Morgan fingerprint density at radius 3 is 2.53 bits per heavy atom. The minimum absolute atomic E-state index is 0.0996. The second-order valence-electron chi connectivity index (χ2n) is 4.38. The second kappa shape index (κ2) is 6.75. The van der Waals surface area contributed by atoms with Gasteiger partial charge in [0, 0.05) is 12.1 Å². The fraction of sp³-hybridized carbons (Fsp3) is 0.538. The summed E-state index contributed by atoms with van der Waals surface area (Å²) in [6.07, 6.45) is -4.14. The van der Waals surface area contributed by atoms with Crippen LogP contribution in [0.1, 0.15) is 25.3 Å². The standard InChI is InChI=1S/C13H17F4NO/c1-2-11(18)6-9-5-10(14)8-12(7-9)19-4-3-13(15,16)17/h5,7-8,11H,2-4,6,18H2,1H3. The quantitative estimate of drug-likeness (QED) is 0.810. The van der Waals surface area contributed by atoms with Gasteiger partial charge in [-0.2, -0.15) is 13.2 Å². The zero-order valence-electron chi connectivity index (χ0n) is 10.6. The zero-order valence-corrected chi connectivity index (χ0v) is 10.6. The van der Waals surface area contributed by atoms with E-state index in [9.17, 15) is 17.6 Å². The molecule has 1 atom stereocenters. The largest absolute Gasteiger partial charge is 0.493 e. The molecule has 0 aromatic heterocycles. The number of nitrogens with two attached hydrogens (primary N) is 1. The number of hydrogen-bond donors (Lipinski definition) is 1. The van der Waals surface area contributed by atoms with Gasteiger partial charge in [-0.3, -0.25) is 0 Å². The van der Waals surface area contributed by atoms with Crippen molar-refractivity contribution in [1.29, 1.82) is 0 Å². The highest BCUT2D eigenvalue weighted by Gasteiger charge is 2.26. The Morgan fingerprint density at radius 1 is 1.26 bits per heavy atom. The number of halogens is 4. The lowest BCUT2D eigenvalue weighted by Crippen LogP contribution is -2.21. The second-order valence-corrected chi connectivity index (χ2v) is 4.38. The van der Waals surface area contributed by atoms with Crippen LogP contribution in [0.15, 0.2) is 18.2 Å². The molecule has 0 aliphatic carbocycles. The number of hydrogen-bond acceptors (Lipinski definition) is 2. The van der Waals surface area contributed by atoms with Gasteiger partial charge in [-0.1, -0.05) is 6.92 Å². The van der Waals surface area contributed by atoms with Crippen LogP contribution < -0.4 is 10.5 Å². The minimum atomic E-state index is -4.28. The summed E-state index contributed by atoms with van der Waals surface area (Å²) in [6.45, 7) is 1.39. The van der Waals surface area contributed by atoms with Crippen molar-refractivity contribution in [3.8, 4) is 5.75 Å². The van der Waals surface area contributed by atoms with E-state index in [-0.39, 0.29) is 11.8 Å². The van der Waals surface area contributed by atoms with Gasteiger partial charge in [0.2, 0.25) is 0 Å². The maximum absolute atomic E-state index is 13.3. The van der Waals surface area contributed by atoms with Crippen molar-refractivity contribution in [3.05, 3.63) is 29.6 Å². The molecule has 6 heteroatoms. The molecule has 1 rings (SSSR count). The van der Waals surface area contributed by atoms with Crippen molar-refractivity contribution in [3.63, 3.8) is 0 Å². The van der Waals surface area contributed by atoms with Crippen molar-refractivity contribution >= 4 is 0 Å². The van der Waals surface area contributed by atoms with Gasteiger partial charge in [-0.05, 0) is 30.5 Å². The van der Waals surface area contributed by atoms with E-state index in [1.54, 1.807) is 0 Å². The average molecular weight is 279 g/mol. The van der Waals surface area contributed by atoms with Gasteiger partial charge in [0.05, 0.1) is 13.0 Å². The maximum Gasteiger partial charge on any atom is 0.392 e. The first-order valence-electron chi connectivity index (χ1n) is 6.04. The van der Waals surface area contributed by atoms with Crippen LogP contribution in [0.2, 0.25) is 0 Å². The third-order valence-electron chi connectivity index (χ3n) is 2.61. The summed E-state index contributed by atoms with van der Waals surface area (Å²) in [6, 6.07) is 3.79. The van der Waals surface area contributed by atoms with Crippen LogP contribution in [0, 0.1) is 5.82 Å². The van der Waals surface area contributed by atoms with Gasteiger partial charge in [0.1, 0.15) is 11.6 Å². The molecule has 0 aliphatic rings. The van der Waals surface area contributed by atoms with Crippen LogP contribution in [0.25, 0.3) is 0 Å². The van der Waals surface area contributed by atoms with E-state index in [0.717, 1.165) is 12.5 Å². The Balaban J connectivity index is 2.63. The summed E-state index contributed by atoms with van der Waals surface area (Å²) < 4.78 is 54.1. The van der Waals surface area contributed by atoms with Gasteiger partial charge < -0.3 is 10.5 Å². The molecule has 0 saturated carbocycles. The van der Waals surface area contributed by atoms with Gasteiger partial charge in [-0.25, -0.2) is 4.39 Å². The first-order chi connectivity index (χ1) is 8.80. The SMILES string of the molecule is CCC(N)Cc1cc(F)cc(OCCC(F)(F)F)c1. The Morgan fingerprint density at radius 2 is 1.95 bits per heavy atom. The van der Waals surface area contributed by atoms with E-state index in [2.05, 4.69) is 0 Å². The number of ether oxygens (including phenoxy) is 1. The first kappa shape index (κ1) is 15.8. The molecule has 1 aromatic rings. The van der Waals surface area contributed by atoms with Crippen molar-refractivity contribution in [1.82, 2.24) is 0 Å². The lowest BCUT2D eigenvalue weighted by Gasteiger charge is -2.12. The molecule has 2 N–H and O–H groups in total. The smallest absolute Gasteiger partial charge is 0.392 e. The first-order valence-corrected chi connectivity index (χ1v) is 6.04. The molecule has 0 amide bonds. The molecule has 0 radical (unpaired) electrons. The molecular formula is C13H17F4NO. The fourth-order valence-electron chi connectivity index (χ4n) is 1.55. The molecule has 0 spiro atoms. The minimum Gasteiger partial charge on any atom is -0.493 e.